The van der Waals surface area contributed by atoms with Gasteiger partial charge in [-0.15, -0.1) is 0 Å². The SMILES string of the molecule is CCNC(=NCC1(CCO)CCOC1)NCCN(CC)c1cccc(C)c1. The lowest BCUT2D eigenvalue weighted by atomic mass is 9.84. The lowest BCUT2D eigenvalue weighted by Gasteiger charge is -2.26. The number of aliphatic imine (C=N–C) groups is 1. The van der Waals surface area contributed by atoms with Gasteiger partial charge in [0.05, 0.1) is 13.2 Å². The number of benzene rings is 1. The number of likely N-dealkylation sites (N-methyl/N-ethyl adjacent to an activating group) is 1. The summed E-state index contributed by atoms with van der Waals surface area (Å²) in [6.07, 6.45) is 1.71. The molecule has 0 amide bonds. The van der Waals surface area contributed by atoms with Crippen LogP contribution in [0.4, 0.5) is 5.69 Å². The second kappa shape index (κ2) is 11.1. The normalized spacial score (nSPS) is 19.9. The Morgan fingerprint density at radius 1 is 1.33 bits per heavy atom. The molecular weight excluding hydrogens is 340 g/mol. The fourth-order valence-electron chi connectivity index (χ4n) is 3.48. The molecule has 0 saturated carbocycles. The molecule has 152 valence electrons. The number of aliphatic hydroxyl groups is 1. The zero-order valence-electron chi connectivity index (χ0n) is 17.1. The highest BCUT2D eigenvalue weighted by Gasteiger charge is 2.34. The molecule has 1 heterocycles. The van der Waals surface area contributed by atoms with Gasteiger partial charge in [0.15, 0.2) is 5.96 Å². The van der Waals surface area contributed by atoms with E-state index >= 15 is 0 Å². The fraction of sp³-hybridized carbons (Fsp3) is 0.667. The molecule has 3 N–H and O–H groups in total. The van der Waals surface area contributed by atoms with Crippen LogP contribution in [0.3, 0.4) is 0 Å². The third-order valence-electron chi connectivity index (χ3n) is 5.17. The van der Waals surface area contributed by atoms with Crippen molar-refractivity contribution in [1.82, 2.24) is 10.6 Å². The first-order chi connectivity index (χ1) is 13.1. The first-order valence-electron chi connectivity index (χ1n) is 10.1. The molecule has 0 spiro atoms. The van der Waals surface area contributed by atoms with Gasteiger partial charge in [-0.2, -0.15) is 0 Å². The van der Waals surface area contributed by atoms with E-state index in [4.69, 9.17) is 9.73 Å². The predicted molar refractivity (Wildman–Crippen MR) is 113 cm³/mol. The van der Waals surface area contributed by atoms with Gasteiger partial charge in [0.25, 0.3) is 0 Å². The van der Waals surface area contributed by atoms with Crippen molar-refractivity contribution < 1.29 is 9.84 Å². The molecule has 1 fully saturated rings. The van der Waals surface area contributed by atoms with E-state index in [1.54, 1.807) is 0 Å². The Morgan fingerprint density at radius 2 is 2.19 bits per heavy atom. The number of nitrogens with zero attached hydrogens (tertiary/aromatic N) is 2. The Kier molecular flexibility index (Phi) is 8.88. The Morgan fingerprint density at radius 3 is 2.81 bits per heavy atom. The average Bonchev–Trinajstić information content (AvgIpc) is 3.12. The molecule has 1 aromatic carbocycles. The van der Waals surface area contributed by atoms with Crippen LogP contribution in [0.2, 0.25) is 0 Å². The molecule has 2 rings (SSSR count). The van der Waals surface area contributed by atoms with Gasteiger partial charge in [-0.25, -0.2) is 0 Å². The van der Waals surface area contributed by atoms with Crippen molar-refractivity contribution in [3.63, 3.8) is 0 Å². The van der Waals surface area contributed by atoms with Crippen molar-refractivity contribution in [3.8, 4) is 0 Å². The fourth-order valence-corrected chi connectivity index (χ4v) is 3.48. The molecule has 6 heteroatoms. The quantitative estimate of drug-likeness (QED) is 0.431. The zero-order valence-corrected chi connectivity index (χ0v) is 17.1. The Labute approximate surface area is 164 Å². The monoisotopic (exact) mass is 376 g/mol. The molecule has 0 bridgehead atoms. The van der Waals surface area contributed by atoms with Gasteiger partial charge in [-0.05, 0) is 51.3 Å². The van der Waals surface area contributed by atoms with Crippen LogP contribution in [0.5, 0.6) is 0 Å². The minimum atomic E-state index is -0.0197. The third kappa shape index (κ3) is 6.70. The van der Waals surface area contributed by atoms with Crippen LogP contribution in [-0.2, 0) is 4.74 Å². The molecule has 1 atom stereocenters. The van der Waals surface area contributed by atoms with Crippen LogP contribution in [0.15, 0.2) is 29.3 Å². The maximum atomic E-state index is 9.38. The predicted octanol–water partition coefficient (Wildman–Crippen LogP) is 2.17. The van der Waals surface area contributed by atoms with Gasteiger partial charge < -0.3 is 25.4 Å². The van der Waals surface area contributed by atoms with E-state index in [0.717, 1.165) is 51.6 Å². The molecule has 0 aromatic heterocycles. The molecule has 6 nitrogen and oxygen atoms in total. The van der Waals surface area contributed by atoms with Crippen molar-refractivity contribution in [1.29, 1.82) is 0 Å². The van der Waals surface area contributed by atoms with E-state index in [0.29, 0.717) is 13.2 Å². The lowest BCUT2D eigenvalue weighted by Crippen LogP contribution is -2.42. The largest absolute Gasteiger partial charge is 0.396 e. The highest BCUT2D eigenvalue weighted by molar-refractivity contribution is 5.79. The summed E-state index contributed by atoms with van der Waals surface area (Å²) in [5, 5.41) is 16.1. The maximum Gasteiger partial charge on any atom is 0.191 e. The van der Waals surface area contributed by atoms with Crippen LogP contribution in [0, 0.1) is 12.3 Å². The Hall–Kier alpha value is -1.79. The number of aryl methyl sites for hydroxylation is 1. The van der Waals surface area contributed by atoms with E-state index in [1.807, 2.05) is 0 Å². The summed E-state index contributed by atoms with van der Waals surface area (Å²) >= 11 is 0. The number of ether oxygens (including phenoxy) is 1. The van der Waals surface area contributed by atoms with Crippen molar-refractivity contribution in [2.75, 3.05) is 57.4 Å². The average molecular weight is 377 g/mol. The highest BCUT2D eigenvalue weighted by Crippen LogP contribution is 2.32. The first kappa shape index (κ1) is 21.5. The standard InChI is InChI=1S/C21H36N4O2/c1-4-22-20(24-16-21(9-13-26)10-14-27-17-21)23-11-12-25(5-2)19-8-6-7-18(3)15-19/h6-8,15,26H,4-5,9-14,16-17H2,1-3H3,(H2,22,23,24). The van der Waals surface area contributed by atoms with Crippen molar-refractivity contribution in [2.24, 2.45) is 10.4 Å². The second-order valence-corrected chi connectivity index (χ2v) is 7.32. The number of rotatable bonds is 10. The van der Waals surface area contributed by atoms with E-state index in [-0.39, 0.29) is 12.0 Å². The van der Waals surface area contributed by atoms with Gasteiger partial charge in [0.1, 0.15) is 0 Å². The minimum absolute atomic E-state index is 0.0197. The molecule has 1 unspecified atom stereocenters. The first-order valence-corrected chi connectivity index (χ1v) is 10.1. The summed E-state index contributed by atoms with van der Waals surface area (Å²) in [6, 6.07) is 8.62. The third-order valence-corrected chi connectivity index (χ3v) is 5.17. The molecule has 1 aliphatic heterocycles. The topological polar surface area (TPSA) is 69.1 Å². The molecule has 1 aromatic rings. The number of hydrogen-bond acceptors (Lipinski definition) is 4. The van der Waals surface area contributed by atoms with Crippen LogP contribution >= 0.6 is 0 Å². The number of anilines is 1. The summed E-state index contributed by atoms with van der Waals surface area (Å²) < 4.78 is 5.56. The van der Waals surface area contributed by atoms with Gasteiger partial charge in [-0.1, -0.05) is 12.1 Å². The second-order valence-electron chi connectivity index (χ2n) is 7.32. The van der Waals surface area contributed by atoms with Crippen LogP contribution in [0.25, 0.3) is 0 Å². The minimum Gasteiger partial charge on any atom is -0.396 e. The summed E-state index contributed by atoms with van der Waals surface area (Å²) in [6.45, 7) is 12.2. The highest BCUT2D eigenvalue weighted by atomic mass is 16.5. The molecule has 1 aliphatic rings. The number of guanidine groups is 1. The van der Waals surface area contributed by atoms with Crippen molar-refractivity contribution >= 4 is 11.6 Å². The van der Waals surface area contributed by atoms with Crippen LogP contribution in [-0.4, -0.2) is 63.6 Å². The van der Waals surface area contributed by atoms with E-state index in [2.05, 4.69) is 60.6 Å². The van der Waals surface area contributed by atoms with Gasteiger partial charge in [-0.3, -0.25) is 4.99 Å². The van der Waals surface area contributed by atoms with Crippen LogP contribution in [0.1, 0.15) is 32.3 Å². The smallest absolute Gasteiger partial charge is 0.191 e. The zero-order chi connectivity index (χ0) is 19.5. The van der Waals surface area contributed by atoms with Gasteiger partial charge in [0, 0.05) is 50.5 Å². The summed E-state index contributed by atoms with van der Waals surface area (Å²) in [7, 11) is 0. The number of hydrogen-bond donors (Lipinski definition) is 3. The lowest BCUT2D eigenvalue weighted by molar-refractivity contribution is 0.131. The molecule has 0 aliphatic carbocycles. The molecular formula is C21H36N4O2. The number of aliphatic hydroxyl groups excluding tert-OH is 1. The molecule has 0 radical (unpaired) electrons. The van der Waals surface area contributed by atoms with Crippen molar-refractivity contribution in [3.05, 3.63) is 29.8 Å². The summed E-state index contributed by atoms with van der Waals surface area (Å²) in [5.41, 5.74) is 2.52. The molecule has 1 saturated heterocycles. The van der Waals surface area contributed by atoms with E-state index in [9.17, 15) is 5.11 Å². The van der Waals surface area contributed by atoms with Crippen molar-refractivity contribution in [2.45, 2.75) is 33.6 Å². The molecule has 27 heavy (non-hydrogen) atoms. The number of nitrogens with one attached hydrogen (secondary N) is 2. The maximum absolute atomic E-state index is 9.38. The Balaban J connectivity index is 1.91. The van der Waals surface area contributed by atoms with E-state index in [1.165, 1.54) is 11.3 Å². The van der Waals surface area contributed by atoms with E-state index < -0.39 is 0 Å². The Bertz CT molecular complexity index is 585. The summed E-state index contributed by atoms with van der Waals surface area (Å²) in [4.78, 5) is 7.14. The summed E-state index contributed by atoms with van der Waals surface area (Å²) in [5.74, 6) is 0.835. The van der Waals surface area contributed by atoms with Gasteiger partial charge >= 0.3 is 0 Å². The van der Waals surface area contributed by atoms with Crippen LogP contribution < -0.4 is 15.5 Å². The van der Waals surface area contributed by atoms with Gasteiger partial charge in [0.2, 0.25) is 0 Å².